The molecule has 3 nitrogen and oxygen atoms in total. The summed E-state index contributed by atoms with van der Waals surface area (Å²) in [5.41, 5.74) is 0. The summed E-state index contributed by atoms with van der Waals surface area (Å²) in [7, 11) is -3.47. The minimum Gasteiger partial charge on any atom is -0.417 e. The normalized spacial score (nSPS) is 26.3. The van der Waals surface area contributed by atoms with Gasteiger partial charge in [0.2, 0.25) is 0 Å². The standard InChI is InChI=1S/C18H38O3Si2/c1-17(2,3)22(7,8)20-12-15-14(11-19)16(15)13-21-23(9,10)18(4,5)6/h11,14-16H,12-13H2,1-10H3/t15-,16-/m1/s1. The van der Waals surface area contributed by atoms with Gasteiger partial charge in [0.05, 0.1) is 0 Å². The Labute approximate surface area is 145 Å². The van der Waals surface area contributed by atoms with E-state index in [1.54, 1.807) is 0 Å². The smallest absolute Gasteiger partial charge is 0.191 e. The molecule has 1 aliphatic rings. The van der Waals surface area contributed by atoms with Crippen molar-refractivity contribution >= 4 is 22.9 Å². The van der Waals surface area contributed by atoms with Gasteiger partial charge in [0, 0.05) is 19.1 Å². The van der Waals surface area contributed by atoms with Gasteiger partial charge in [0.15, 0.2) is 16.6 Å². The van der Waals surface area contributed by atoms with E-state index in [1.165, 1.54) is 0 Å². The van der Waals surface area contributed by atoms with Crippen LogP contribution in [0.1, 0.15) is 41.5 Å². The van der Waals surface area contributed by atoms with Gasteiger partial charge < -0.3 is 13.6 Å². The number of aldehydes is 1. The fourth-order valence-corrected chi connectivity index (χ4v) is 4.27. The van der Waals surface area contributed by atoms with E-state index in [-0.39, 0.29) is 16.0 Å². The van der Waals surface area contributed by atoms with Crippen LogP contribution in [0.4, 0.5) is 0 Å². The molecule has 0 unspecified atom stereocenters. The Bertz CT molecular complexity index is 383. The predicted octanol–water partition coefficient (Wildman–Crippen LogP) is 5.09. The molecule has 0 spiro atoms. The number of rotatable bonds is 7. The van der Waals surface area contributed by atoms with Gasteiger partial charge in [-0.2, -0.15) is 0 Å². The van der Waals surface area contributed by atoms with E-state index < -0.39 is 16.6 Å². The molecule has 1 rings (SSSR count). The van der Waals surface area contributed by atoms with Crippen LogP contribution in [0.25, 0.3) is 0 Å². The first-order chi connectivity index (χ1) is 10.1. The summed E-state index contributed by atoms with van der Waals surface area (Å²) in [6, 6.07) is 0. The lowest BCUT2D eigenvalue weighted by atomic mass is 10.2. The van der Waals surface area contributed by atoms with Crippen LogP contribution in [-0.4, -0.2) is 36.1 Å². The summed E-state index contributed by atoms with van der Waals surface area (Å²) >= 11 is 0. The second-order valence-electron chi connectivity index (χ2n) is 10.2. The van der Waals surface area contributed by atoms with Crippen LogP contribution in [0, 0.1) is 17.8 Å². The van der Waals surface area contributed by atoms with Crippen molar-refractivity contribution in [3.63, 3.8) is 0 Å². The molecule has 0 amide bonds. The number of carbonyl (C=O) groups is 1. The van der Waals surface area contributed by atoms with Crippen LogP contribution >= 0.6 is 0 Å². The Morgan fingerprint density at radius 2 is 1.09 bits per heavy atom. The monoisotopic (exact) mass is 358 g/mol. The quantitative estimate of drug-likeness (QED) is 0.469. The maximum atomic E-state index is 11.3. The number of carbonyl (C=O) groups excluding carboxylic acids is 1. The maximum absolute atomic E-state index is 11.3. The summed E-state index contributed by atoms with van der Waals surface area (Å²) in [6.07, 6.45) is 1.11. The Morgan fingerprint density at radius 3 is 1.30 bits per heavy atom. The molecule has 1 saturated carbocycles. The highest BCUT2D eigenvalue weighted by molar-refractivity contribution is 6.74. The minimum absolute atomic E-state index is 0.129. The molecular weight excluding hydrogens is 320 g/mol. The zero-order valence-corrected chi connectivity index (χ0v) is 18.9. The molecule has 2 atom stereocenters. The number of hydrogen-bond donors (Lipinski definition) is 0. The van der Waals surface area contributed by atoms with Gasteiger partial charge in [-0.1, -0.05) is 41.5 Å². The van der Waals surface area contributed by atoms with Crippen molar-refractivity contribution < 1.29 is 13.6 Å². The highest BCUT2D eigenvalue weighted by Crippen LogP contribution is 2.48. The molecule has 0 radical (unpaired) electrons. The molecule has 0 aromatic carbocycles. The zero-order valence-electron chi connectivity index (χ0n) is 16.9. The molecule has 0 N–H and O–H groups in total. The first-order valence-corrected chi connectivity index (χ1v) is 14.7. The highest BCUT2D eigenvalue weighted by Gasteiger charge is 2.52. The van der Waals surface area contributed by atoms with E-state index in [9.17, 15) is 4.79 Å². The first kappa shape index (κ1) is 21.1. The molecule has 0 saturated heterocycles. The molecule has 136 valence electrons. The largest absolute Gasteiger partial charge is 0.417 e. The lowest BCUT2D eigenvalue weighted by Gasteiger charge is -2.36. The van der Waals surface area contributed by atoms with E-state index in [1.807, 2.05) is 0 Å². The van der Waals surface area contributed by atoms with Crippen LogP contribution in [0.3, 0.4) is 0 Å². The fraction of sp³-hybridized carbons (Fsp3) is 0.944. The van der Waals surface area contributed by atoms with Gasteiger partial charge in [-0.15, -0.1) is 0 Å². The predicted molar refractivity (Wildman–Crippen MR) is 103 cm³/mol. The molecule has 0 aromatic heterocycles. The van der Waals surface area contributed by atoms with Gasteiger partial charge >= 0.3 is 0 Å². The molecule has 5 heteroatoms. The van der Waals surface area contributed by atoms with Crippen molar-refractivity contribution in [1.29, 1.82) is 0 Å². The van der Waals surface area contributed by atoms with Gasteiger partial charge in [0.25, 0.3) is 0 Å². The van der Waals surface area contributed by atoms with Crippen LogP contribution in [0.2, 0.25) is 36.3 Å². The van der Waals surface area contributed by atoms with Gasteiger partial charge in [0.1, 0.15) is 6.29 Å². The van der Waals surface area contributed by atoms with E-state index in [0.29, 0.717) is 25.0 Å². The van der Waals surface area contributed by atoms with Crippen molar-refractivity contribution in [3.8, 4) is 0 Å². The molecular formula is C18H38O3Si2. The van der Waals surface area contributed by atoms with E-state index in [4.69, 9.17) is 8.85 Å². The Kier molecular flexibility index (Phi) is 6.17. The number of hydrogen-bond acceptors (Lipinski definition) is 3. The zero-order chi connectivity index (χ0) is 18.3. The van der Waals surface area contributed by atoms with Crippen molar-refractivity contribution in [2.45, 2.75) is 77.8 Å². The Balaban J connectivity index is 2.56. The summed E-state index contributed by atoms with van der Waals surface area (Å²) in [5, 5.41) is 0.428. The van der Waals surface area contributed by atoms with Gasteiger partial charge in [-0.3, -0.25) is 0 Å². The molecule has 0 heterocycles. The van der Waals surface area contributed by atoms with Crippen LogP contribution in [0.15, 0.2) is 0 Å². The fourth-order valence-electron chi connectivity index (χ4n) is 2.19. The first-order valence-electron chi connectivity index (χ1n) is 8.87. The second kappa shape index (κ2) is 6.73. The highest BCUT2D eigenvalue weighted by atomic mass is 28.4. The summed E-state index contributed by atoms with van der Waals surface area (Å²) in [6.45, 7) is 24.0. The van der Waals surface area contributed by atoms with Crippen LogP contribution < -0.4 is 0 Å². The Morgan fingerprint density at radius 1 is 0.783 bits per heavy atom. The van der Waals surface area contributed by atoms with Crippen molar-refractivity contribution in [1.82, 2.24) is 0 Å². The summed E-state index contributed by atoms with van der Waals surface area (Å²) in [5.74, 6) is 0.835. The molecule has 1 aliphatic carbocycles. The van der Waals surface area contributed by atoms with Gasteiger partial charge in [-0.05, 0) is 48.1 Å². The SMILES string of the molecule is CC(C)(C)[Si](C)(C)OC[C@@H]1C(C=O)[C@H]1CO[Si](C)(C)C(C)(C)C. The minimum atomic E-state index is -1.74. The van der Waals surface area contributed by atoms with Crippen LogP contribution in [-0.2, 0) is 13.6 Å². The van der Waals surface area contributed by atoms with Crippen molar-refractivity contribution in [2.75, 3.05) is 13.2 Å². The van der Waals surface area contributed by atoms with E-state index >= 15 is 0 Å². The third-order valence-electron chi connectivity index (χ3n) is 6.44. The molecule has 1 fully saturated rings. The Hall–Kier alpha value is 0.0238. The van der Waals surface area contributed by atoms with Gasteiger partial charge in [-0.25, -0.2) is 0 Å². The third kappa shape index (κ3) is 5.00. The molecule has 0 aromatic rings. The molecule has 0 bridgehead atoms. The lowest BCUT2D eigenvalue weighted by Crippen LogP contribution is -2.42. The summed E-state index contributed by atoms with van der Waals surface area (Å²) < 4.78 is 12.6. The lowest BCUT2D eigenvalue weighted by molar-refractivity contribution is -0.109. The average molecular weight is 359 g/mol. The molecule has 23 heavy (non-hydrogen) atoms. The summed E-state index contributed by atoms with van der Waals surface area (Å²) in [4.78, 5) is 11.3. The van der Waals surface area contributed by atoms with E-state index in [2.05, 4.69) is 67.7 Å². The van der Waals surface area contributed by atoms with E-state index in [0.717, 1.165) is 6.29 Å². The average Bonchev–Trinajstić information content (AvgIpc) is 3.03. The topological polar surface area (TPSA) is 35.5 Å². The second-order valence-corrected chi connectivity index (χ2v) is 19.8. The third-order valence-corrected chi connectivity index (χ3v) is 15.4. The van der Waals surface area contributed by atoms with Crippen LogP contribution in [0.5, 0.6) is 0 Å². The van der Waals surface area contributed by atoms with Crippen molar-refractivity contribution in [2.24, 2.45) is 17.8 Å². The molecule has 0 aliphatic heterocycles. The van der Waals surface area contributed by atoms with Crippen molar-refractivity contribution in [3.05, 3.63) is 0 Å². The maximum Gasteiger partial charge on any atom is 0.191 e.